The van der Waals surface area contributed by atoms with Gasteiger partial charge in [0.2, 0.25) is 0 Å². The second-order valence-corrected chi connectivity index (χ2v) is 7.01. The number of fused-ring (bicyclic) bond motifs is 1. The topological polar surface area (TPSA) is 25.2 Å². The van der Waals surface area contributed by atoms with E-state index in [1.807, 2.05) is 31.3 Å². The highest BCUT2D eigenvalue weighted by Crippen LogP contribution is 2.23. The zero-order valence-corrected chi connectivity index (χ0v) is 14.7. The van der Waals surface area contributed by atoms with Crippen molar-refractivity contribution in [3.8, 4) is 11.3 Å². The molecule has 3 heteroatoms. The molecule has 1 aromatic heterocycles. The maximum atomic E-state index is 12.6. The lowest BCUT2D eigenvalue weighted by atomic mass is 10.0. The molecule has 4 rings (SSSR count). The Morgan fingerprint density at radius 3 is 2.40 bits per heavy atom. The summed E-state index contributed by atoms with van der Waals surface area (Å²) in [7, 11) is 1.85. The fraction of sp³-hybridized carbons (Fsp3) is 0.318. The van der Waals surface area contributed by atoms with Gasteiger partial charge in [0.05, 0.1) is 5.69 Å². The summed E-state index contributed by atoms with van der Waals surface area (Å²) in [5.41, 5.74) is 3.46. The monoisotopic (exact) mass is 332 g/mol. The predicted molar refractivity (Wildman–Crippen MR) is 104 cm³/mol. The molecule has 3 nitrogen and oxygen atoms in total. The molecule has 1 aliphatic heterocycles. The van der Waals surface area contributed by atoms with E-state index in [9.17, 15) is 4.79 Å². The summed E-state index contributed by atoms with van der Waals surface area (Å²) >= 11 is 0. The van der Waals surface area contributed by atoms with Crippen LogP contribution in [0.4, 0.5) is 0 Å². The second-order valence-electron chi connectivity index (χ2n) is 7.01. The van der Waals surface area contributed by atoms with Crippen LogP contribution < -0.4 is 5.56 Å². The fourth-order valence-electron chi connectivity index (χ4n) is 3.79. The van der Waals surface area contributed by atoms with E-state index in [-0.39, 0.29) is 5.56 Å². The van der Waals surface area contributed by atoms with Crippen LogP contribution in [0.1, 0.15) is 24.8 Å². The zero-order chi connectivity index (χ0) is 17.2. The molecule has 0 amide bonds. The van der Waals surface area contributed by atoms with E-state index in [4.69, 9.17) is 0 Å². The van der Waals surface area contributed by atoms with Gasteiger partial charge in [-0.05, 0) is 54.6 Å². The molecule has 1 fully saturated rings. The van der Waals surface area contributed by atoms with Gasteiger partial charge < -0.3 is 4.57 Å². The van der Waals surface area contributed by atoms with Gasteiger partial charge in [0.1, 0.15) is 0 Å². The molecule has 0 spiro atoms. The Morgan fingerprint density at radius 2 is 1.64 bits per heavy atom. The number of nitrogens with zero attached hydrogens (tertiary/aromatic N) is 2. The number of hydrogen-bond donors (Lipinski definition) is 0. The highest BCUT2D eigenvalue weighted by atomic mass is 16.1. The lowest BCUT2D eigenvalue weighted by Gasteiger charge is -2.26. The molecule has 0 N–H and O–H groups in total. The number of likely N-dealkylation sites (tertiary alicyclic amines) is 1. The Balaban J connectivity index is 1.64. The van der Waals surface area contributed by atoms with Crippen LogP contribution >= 0.6 is 0 Å². The first-order chi connectivity index (χ1) is 12.2. The smallest absolute Gasteiger partial charge is 0.258 e. The van der Waals surface area contributed by atoms with Crippen LogP contribution in [0.15, 0.2) is 59.4 Å². The maximum absolute atomic E-state index is 12.6. The van der Waals surface area contributed by atoms with E-state index in [1.54, 1.807) is 4.57 Å². The van der Waals surface area contributed by atoms with Crippen molar-refractivity contribution in [2.75, 3.05) is 13.1 Å². The summed E-state index contributed by atoms with van der Waals surface area (Å²) in [5, 5.41) is 1.77. The second kappa shape index (κ2) is 6.85. The van der Waals surface area contributed by atoms with Crippen molar-refractivity contribution >= 4 is 10.8 Å². The molecule has 25 heavy (non-hydrogen) atoms. The lowest BCUT2D eigenvalue weighted by molar-refractivity contribution is 0.221. The van der Waals surface area contributed by atoms with Gasteiger partial charge in [-0.15, -0.1) is 0 Å². The highest BCUT2D eigenvalue weighted by molar-refractivity contribution is 5.85. The van der Waals surface area contributed by atoms with Crippen molar-refractivity contribution in [2.24, 2.45) is 7.05 Å². The van der Waals surface area contributed by atoms with Crippen molar-refractivity contribution in [1.82, 2.24) is 9.47 Å². The predicted octanol–water partition coefficient (Wildman–Crippen LogP) is 4.19. The van der Waals surface area contributed by atoms with Gasteiger partial charge >= 0.3 is 0 Å². The molecular weight excluding hydrogens is 308 g/mol. The number of hydrogen-bond acceptors (Lipinski definition) is 2. The van der Waals surface area contributed by atoms with Crippen LogP contribution in [-0.4, -0.2) is 22.6 Å². The minimum Gasteiger partial charge on any atom is -0.311 e. The third-order valence-electron chi connectivity index (χ3n) is 5.25. The molecule has 3 aromatic rings. The summed E-state index contributed by atoms with van der Waals surface area (Å²) in [6, 6.07) is 18.6. The van der Waals surface area contributed by atoms with Crippen LogP contribution in [0, 0.1) is 0 Å². The molecule has 2 heterocycles. The minimum absolute atomic E-state index is 0.0606. The number of piperidine rings is 1. The Bertz CT molecular complexity index is 934. The summed E-state index contributed by atoms with van der Waals surface area (Å²) in [6.07, 6.45) is 4.00. The Hall–Kier alpha value is -2.39. The van der Waals surface area contributed by atoms with Crippen LogP contribution in [0.25, 0.3) is 22.0 Å². The standard InChI is InChI=1S/C22H24N2O/c1-23-21(15-19-7-3-4-8-20(19)22(23)25)18-11-9-17(10-12-18)16-24-13-5-2-6-14-24/h3-4,7-12,15H,2,5-6,13-14,16H2,1H3. The van der Waals surface area contributed by atoms with E-state index in [1.165, 1.54) is 37.9 Å². The minimum atomic E-state index is 0.0606. The van der Waals surface area contributed by atoms with E-state index in [0.717, 1.165) is 28.6 Å². The van der Waals surface area contributed by atoms with Crippen molar-refractivity contribution < 1.29 is 0 Å². The van der Waals surface area contributed by atoms with Crippen LogP contribution in [0.3, 0.4) is 0 Å². The summed E-state index contributed by atoms with van der Waals surface area (Å²) in [5.74, 6) is 0. The van der Waals surface area contributed by atoms with Gasteiger partial charge in [-0.2, -0.15) is 0 Å². The molecule has 128 valence electrons. The highest BCUT2D eigenvalue weighted by Gasteiger charge is 2.11. The van der Waals surface area contributed by atoms with Gasteiger partial charge in [-0.3, -0.25) is 9.69 Å². The molecule has 0 unspecified atom stereocenters. The van der Waals surface area contributed by atoms with E-state index < -0.39 is 0 Å². The molecule has 2 aromatic carbocycles. The van der Waals surface area contributed by atoms with Gasteiger partial charge in [-0.25, -0.2) is 0 Å². The largest absolute Gasteiger partial charge is 0.311 e. The third kappa shape index (κ3) is 3.24. The first-order valence-electron chi connectivity index (χ1n) is 9.13. The molecule has 0 bridgehead atoms. The number of benzene rings is 2. The molecule has 0 aliphatic carbocycles. The van der Waals surface area contributed by atoms with E-state index >= 15 is 0 Å². The Labute approximate surface area is 148 Å². The van der Waals surface area contributed by atoms with Crippen LogP contribution in [0.2, 0.25) is 0 Å². The van der Waals surface area contributed by atoms with Gasteiger partial charge in [0.15, 0.2) is 0 Å². The number of pyridine rings is 1. The van der Waals surface area contributed by atoms with Crippen LogP contribution in [-0.2, 0) is 13.6 Å². The van der Waals surface area contributed by atoms with E-state index in [2.05, 4.69) is 35.2 Å². The fourth-order valence-corrected chi connectivity index (χ4v) is 3.79. The van der Waals surface area contributed by atoms with E-state index in [0.29, 0.717) is 0 Å². The number of aromatic nitrogens is 1. The first-order valence-corrected chi connectivity index (χ1v) is 9.13. The Morgan fingerprint density at radius 1 is 0.920 bits per heavy atom. The summed E-state index contributed by atoms with van der Waals surface area (Å²) in [4.78, 5) is 15.1. The van der Waals surface area contributed by atoms with Crippen LogP contribution in [0.5, 0.6) is 0 Å². The molecule has 1 saturated heterocycles. The number of rotatable bonds is 3. The summed E-state index contributed by atoms with van der Waals surface area (Å²) < 4.78 is 1.75. The SMILES string of the molecule is Cn1c(-c2ccc(CN3CCCCC3)cc2)cc2ccccc2c1=O. The van der Waals surface area contributed by atoms with Crippen molar-refractivity contribution in [3.05, 3.63) is 70.5 Å². The third-order valence-corrected chi connectivity index (χ3v) is 5.25. The average Bonchev–Trinajstić information content (AvgIpc) is 2.66. The maximum Gasteiger partial charge on any atom is 0.258 e. The first kappa shape index (κ1) is 16.1. The molecule has 0 atom stereocenters. The molecule has 0 radical (unpaired) electrons. The van der Waals surface area contributed by atoms with Crippen molar-refractivity contribution in [3.63, 3.8) is 0 Å². The molecule has 1 aliphatic rings. The lowest BCUT2D eigenvalue weighted by Crippen LogP contribution is -2.29. The zero-order valence-electron chi connectivity index (χ0n) is 14.7. The molecule has 0 saturated carbocycles. The van der Waals surface area contributed by atoms with Crippen molar-refractivity contribution in [1.29, 1.82) is 0 Å². The Kier molecular flexibility index (Phi) is 4.41. The normalized spacial score (nSPS) is 15.6. The average molecular weight is 332 g/mol. The van der Waals surface area contributed by atoms with Gasteiger partial charge in [0.25, 0.3) is 5.56 Å². The van der Waals surface area contributed by atoms with Gasteiger partial charge in [-0.1, -0.05) is 48.9 Å². The quantitative estimate of drug-likeness (QED) is 0.718. The summed E-state index contributed by atoms with van der Waals surface area (Å²) in [6.45, 7) is 3.44. The molecular formula is C22H24N2O. The van der Waals surface area contributed by atoms with Crippen molar-refractivity contribution in [2.45, 2.75) is 25.8 Å². The van der Waals surface area contributed by atoms with Gasteiger partial charge in [0, 0.05) is 19.0 Å².